The number of carbonyl (C=O) groups is 2. The summed E-state index contributed by atoms with van der Waals surface area (Å²) < 4.78 is 90.6. The average Bonchev–Trinajstić information content (AvgIpc) is 2.52. The second kappa shape index (κ2) is 7.85. The zero-order valence-electron chi connectivity index (χ0n) is 13.2. The summed E-state index contributed by atoms with van der Waals surface area (Å²) in [6.45, 7) is -1.21. The molecule has 1 N–H and O–H groups in total. The number of ether oxygens (including phenoxy) is 2. The number of hydrogen-bond donors (Lipinski definition) is 1. The number of esters is 2. The smallest absolute Gasteiger partial charge is 0.431 e. The average molecular weight is 394 g/mol. The Balaban J connectivity index is 2.68. The van der Waals surface area contributed by atoms with Crippen molar-refractivity contribution in [3.05, 3.63) is 0 Å². The summed E-state index contributed by atoms with van der Waals surface area (Å²) in [6.07, 6.45) is 0.00713. The fraction of sp³-hybridized carbons (Fsp3) is 0.846. The van der Waals surface area contributed by atoms with Crippen LogP contribution in [0.2, 0.25) is 0 Å². The van der Waals surface area contributed by atoms with Crippen molar-refractivity contribution in [2.75, 3.05) is 13.7 Å². The minimum Gasteiger partial charge on any atom is -0.469 e. The second-order valence-electron chi connectivity index (χ2n) is 5.63. The van der Waals surface area contributed by atoms with Gasteiger partial charge in [-0.3, -0.25) is 14.1 Å². The van der Waals surface area contributed by atoms with Crippen LogP contribution in [0.15, 0.2) is 0 Å². The lowest BCUT2D eigenvalue weighted by atomic mass is 9.79. The normalized spacial score (nSPS) is 22.3. The van der Waals surface area contributed by atoms with Crippen molar-refractivity contribution in [2.24, 2.45) is 11.8 Å². The quantitative estimate of drug-likeness (QED) is 0.400. The topological polar surface area (TPSA) is 107 Å². The van der Waals surface area contributed by atoms with Crippen LogP contribution < -0.4 is 0 Å². The van der Waals surface area contributed by atoms with Crippen LogP contribution in [0.1, 0.15) is 32.1 Å². The molecule has 1 fully saturated rings. The minimum absolute atomic E-state index is 0.246. The molecule has 1 saturated carbocycles. The summed E-state index contributed by atoms with van der Waals surface area (Å²) in [5, 5.41) is -5.72. The molecule has 0 bridgehead atoms. The van der Waals surface area contributed by atoms with E-state index < -0.39 is 58.1 Å². The van der Waals surface area contributed by atoms with Crippen LogP contribution in [0, 0.1) is 11.8 Å². The summed E-state index contributed by atoms with van der Waals surface area (Å²) in [4.78, 5) is 23.5. The van der Waals surface area contributed by atoms with Gasteiger partial charge in [0.15, 0.2) is 0 Å². The van der Waals surface area contributed by atoms with Crippen molar-refractivity contribution in [2.45, 2.75) is 43.3 Å². The third-order valence-corrected chi connectivity index (χ3v) is 4.93. The van der Waals surface area contributed by atoms with Crippen LogP contribution in [-0.2, 0) is 29.2 Å². The molecule has 0 heterocycles. The van der Waals surface area contributed by atoms with Gasteiger partial charge in [-0.1, -0.05) is 12.8 Å². The van der Waals surface area contributed by atoms with Crippen molar-refractivity contribution in [3.63, 3.8) is 0 Å². The molecule has 0 spiro atoms. The van der Waals surface area contributed by atoms with E-state index in [0.717, 1.165) is 7.11 Å². The van der Waals surface area contributed by atoms with Gasteiger partial charge < -0.3 is 9.47 Å². The van der Waals surface area contributed by atoms with Crippen LogP contribution >= 0.6 is 0 Å². The lowest BCUT2D eigenvalue weighted by Gasteiger charge is -2.28. The lowest BCUT2D eigenvalue weighted by molar-refractivity contribution is -0.178. The molecule has 0 amide bonds. The Morgan fingerprint density at radius 1 is 1.08 bits per heavy atom. The minimum atomic E-state index is -6.34. The fourth-order valence-corrected chi connectivity index (χ4v) is 3.05. The molecule has 2 unspecified atom stereocenters. The Morgan fingerprint density at radius 3 is 2.00 bits per heavy atom. The highest BCUT2D eigenvalue weighted by Crippen LogP contribution is 2.40. The van der Waals surface area contributed by atoms with Crippen LogP contribution in [-0.4, -0.2) is 49.8 Å². The monoisotopic (exact) mass is 394 g/mol. The molecular weight excluding hydrogens is 376 g/mol. The van der Waals surface area contributed by atoms with E-state index >= 15 is 0 Å². The van der Waals surface area contributed by atoms with Gasteiger partial charge >= 0.3 is 33.2 Å². The van der Waals surface area contributed by atoms with Gasteiger partial charge in [-0.15, -0.1) is 0 Å². The first-order chi connectivity index (χ1) is 11.3. The molecule has 0 aromatic carbocycles. The molecule has 7 nitrogen and oxygen atoms in total. The van der Waals surface area contributed by atoms with Gasteiger partial charge in [0.05, 0.1) is 32.0 Å². The Morgan fingerprint density at radius 2 is 1.56 bits per heavy atom. The number of halogens is 4. The molecule has 1 aliphatic rings. The standard InChI is InChI=1S/C13H18F4O7S/c1-23-10(18)8-4-2-3-5-9(8)11(19)24-7-6-12(14,15)13(16,17)25(20,21)22/h8-9H,2-7H2,1H3,(H,20,21,22). The van der Waals surface area contributed by atoms with Crippen LogP contribution in [0.5, 0.6) is 0 Å². The third-order valence-electron chi connectivity index (χ3n) is 3.98. The van der Waals surface area contributed by atoms with Gasteiger partial charge in [0.2, 0.25) is 0 Å². The SMILES string of the molecule is COC(=O)C1CCCCC1C(=O)OCCC(F)(F)C(F)(F)S(=O)(=O)O. The maximum Gasteiger partial charge on any atom is 0.431 e. The maximum atomic E-state index is 13.3. The highest BCUT2D eigenvalue weighted by Gasteiger charge is 2.65. The molecular formula is C13H18F4O7S. The van der Waals surface area contributed by atoms with E-state index in [4.69, 9.17) is 4.55 Å². The predicted molar refractivity (Wildman–Crippen MR) is 74.5 cm³/mol. The molecule has 2 atom stereocenters. The van der Waals surface area contributed by atoms with Gasteiger partial charge in [0.1, 0.15) is 0 Å². The van der Waals surface area contributed by atoms with E-state index in [1.165, 1.54) is 0 Å². The van der Waals surface area contributed by atoms with E-state index in [1.807, 2.05) is 0 Å². The number of alkyl halides is 4. The van der Waals surface area contributed by atoms with E-state index in [9.17, 15) is 35.6 Å². The highest BCUT2D eigenvalue weighted by molar-refractivity contribution is 7.87. The molecule has 0 saturated heterocycles. The summed E-state index contributed by atoms with van der Waals surface area (Å²) in [5.41, 5.74) is 0. The van der Waals surface area contributed by atoms with Crippen molar-refractivity contribution in [1.82, 2.24) is 0 Å². The Bertz CT molecular complexity index is 605. The van der Waals surface area contributed by atoms with E-state index in [0.29, 0.717) is 19.3 Å². The van der Waals surface area contributed by atoms with E-state index in [1.54, 1.807) is 0 Å². The molecule has 0 aromatic heterocycles. The largest absolute Gasteiger partial charge is 0.469 e. The number of hydrogen-bond acceptors (Lipinski definition) is 6. The lowest BCUT2D eigenvalue weighted by Crippen LogP contribution is -2.47. The third kappa shape index (κ3) is 4.81. The number of rotatable bonds is 7. The van der Waals surface area contributed by atoms with Gasteiger partial charge in [0.25, 0.3) is 0 Å². The summed E-state index contributed by atoms with van der Waals surface area (Å²) in [7, 11) is -5.22. The molecule has 0 radical (unpaired) electrons. The van der Waals surface area contributed by atoms with Gasteiger partial charge in [0, 0.05) is 0 Å². The molecule has 12 heteroatoms. The molecule has 146 valence electrons. The van der Waals surface area contributed by atoms with Gasteiger partial charge in [-0.25, -0.2) is 0 Å². The van der Waals surface area contributed by atoms with Crippen LogP contribution in [0.3, 0.4) is 0 Å². The summed E-state index contributed by atoms with van der Waals surface area (Å²) in [6, 6.07) is 0. The Labute approximate surface area is 141 Å². The van der Waals surface area contributed by atoms with Crippen molar-refractivity contribution >= 4 is 22.1 Å². The van der Waals surface area contributed by atoms with Crippen LogP contribution in [0.25, 0.3) is 0 Å². The van der Waals surface area contributed by atoms with Crippen LogP contribution in [0.4, 0.5) is 17.6 Å². The first kappa shape index (κ1) is 21.6. The molecule has 1 aliphatic carbocycles. The maximum absolute atomic E-state index is 13.3. The summed E-state index contributed by atoms with van der Waals surface area (Å²) >= 11 is 0. The highest BCUT2D eigenvalue weighted by atomic mass is 32.2. The summed E-state index contributed by atoms with van der Waals surface area (Å²) in [5.74, 6) is -8.59. The predicted octanol–water partition coefficient (Wildman–Crippen LogP) is 2.01. The molecule has 1 rings (SSSR count). The van der Waals surface area contributed by atoms with Crippen molar-refractivity contribution in [3.8, 4) is 0 Å². The first-order valence-electron chi connectivity index (χ1n) is 7.32. The first-order valence-corrected chi connectivity index (χ1v) is 8.76. The number of methoxy groups -OCH3 is 1. The zero-order valence-corrected chi connectivity index (χ0v) is 14.0. The van der Waals surface area contributed by atoms with E-state index in [2.05, 4.69) is 9.47 Å². The Hall–Kier alpha value is -1.43. The van der Waals surface area contributed by atoms with Gasteiger partial charge in [-0.2, -0.15) is 26.0 Å². The molecule has 0 aromatic rings. The zero-order chi connectivity index (χ0) is 19.5. The Kier molecular flexibility index (Phi) is 6.79. The molecule has 25 heavy (non-hydrogen) atoms. The van der Waals surface area contributed by atoms with Crippen molar-refractivity contribution < 1.29 is 49.6 Å². The number of carbonyl (C=O) groups excluding carboxylic acids is 2. The van der Waals surface area contributed by atoms with E-state index in [-0.39, 0.29) is 6.42 Å². The fourth-order valence-electron chi connectivity index (χ4n) is 2.57. The molecule has 0 aliphatic heterocycles. The second-order valence-corrected chi connectivity index (χ2v) is 7.10. The van der Waals surface area contributed by atoms with Gasteiger partial charge in [-0.05, 0) is 12.8 Å². The van der Waals surface area contributed by atoms with Crippen molar-refractivity contribution in [1.29, 1.82) is 0 Å².